The summed E-state index contributed by atoms with van der Waals surface area (Å²) < 4.78 is 0. The number of rotatable bonds is 3. The zero-order valence-electron chi connectivity index (χ0n) is 8.31. The van der Waals surface area contributed by atoms with Crippen molar-refractivity contribution in [1.29, 1.82) is 0 Å². The molecule has 0 fully saturated rings. The molecule has 0 aliphatic rings. The first-order valence-electron chi connectivity index (χ1n) is 4.65. The van der Waals surface area contributed by atoms with Crippen LogP contribution in [0.4, 0.5) is 5.82 Å². The highest BCUT2D eigenvalue weighted by Crippen LogP contribution is 2.18. The number of anilines is 1. The Bertz CT molecular complexity index is 484. The van der Waals surface area contributed by atoms with Gasteiger partial charge in [-0.3, -0.25) is 4.79 Å². The van der Waals surface area contributed by atoms with E-state index in [9.17, 15) is 4.79 Å². The molecule has 1 amide bonds. The fourth-order valence-corrected chi connectivity index (χ4v) is 2.52. The van der Waals surface area contributed by atoms with E-state index in [1.807, 2.05) is 23.6 Å². The second-order valence-electron chi connectivity index (χ2n) is 3.12. The number of carbonyl (C=O) groups excluding carboxylic acids is 1. The summed E-state index contributed by atoms with van der Waals surface area (Å²) in [4.78, 5) is 16.5. The number of nitrogens with zero attached hydrogens (tertiary/aromatic N) is 1. The van der Waals surface area contributed by atoms with Gasteiger partial charge in [-0.1, -0.05) is 22.0 Å². The van der Waals surface area contributed by atoms with Crippen molar-refractivity contribution in [3.63, 3.8) is 0 Å². The summed E-state index contributed by atoms with van der Waals surface area (Å²) in [6.45, 7) is 0. The second-order valence-corrected chi connectivity index (χ2v) is 4.59. The molecule has 2 heterocycles. The standard InChI is InChI=1S/C11H9BrN2OS/c12-6-8-5-9(16-7-8)11(15)14-10-3-1-2-4-13-10/h1-5,7H,6H2,(H,13,14,15). The fourth-order valence-electron chi connectivity index (χ4n) is 1.18. The first-order chi connectivity index (χ1) is 7.79. The molecule has 1 N–H and O–H groups in total. The van der Waals surface area contributed by atoms with Crippen LogP contribution in [0.3, 0.4) is 0 Å². The summed E-state index contributed by atoms with van der Waals surface area (Å²) >= 11 is 4.78. The monoisotopic (exact) mass is 296 g/mol. The van der Waals surface area contributed by atoms with Crippen LogP contribution in [0.15, 0.2) is 35.8 Å². The number of nitrogens with one attached hydrogen (secondary N) is 1. The van der Waals surface area contributed by atoms with Crippen molar-refractivity contribution in [3.05, 3.63) is 46.3 Å². The van der Waals surface area contributed by atoms with Gasteiger partial charge in [0, 0.05) is 11.5 Å². The van der Waals surface area contributed by atoms with Crippen LogP contribution in [-0.4, -0.2) is 10.9 Å². The van der Waals surface area contributed by atoms with Crippen LogP contribution in [-0.2, 0) is 5.33 Å². The quantitative estimate of drug-likeness (QED) is 0.883. The third kappa shape index (κ3) is 2.68. The summed E-state index contributed by atoms with van der Waals surface area (Å²) in [5, 5.41) is 5.47. The topological polar surface area (TPSA) is 42.0 Å². The van der Waals surface area contributed by atoms with Crippen LogP contribution in [0.5, 0.6) is 0 Å². The maximum absolute atomic E-state index is 11.8. The number of carbonyl (C=O) groups is 1. The predicted molar refractivity (Wildman–Crippen MR) is 69.1 cm³/mol. The molecule has 0 aromatic carbocycles. The predicted octanol–water partition coefficient (Wildman–Crippen LogP) is 3.29. The Balaban J connectivity index is 2.09. The molecule has 5 heteroatoms. The van der Waals surface area contributed by atoms with Crippen LogP contribution >= 0.6 is 27.3 Å². The normalized spacial score (nSPS) is 10.1. The van der Waals surface area contributed by atoms with Gasteiger partial charge < -0.3 is 5.32 Å². The van der Waals surface area contributed by atoms with E-state index in [-0.39, 0.29) is 5.91 Å². The Morgan fingerprint density at radius 2 is 2.38 bits per heavy atom. The van der Waals surface area contributed by atoms with E-state index in [0.717, 1.165) is 10.9 Å². The molecule has 3 nitrogen and oxygen atoms in total. The van der Waals surface area contributed by atoms with Gasteiger partial charge in [0.25, 0.3) is 5.91 Å². The van der Waals surface area contributed by atoms with E-state index < -0.39 is 0 Å². The van der Waals surface area contributed by atoms with Gasteiger partial charge in [-0.05, 0) is 29.1 Å². The van der Waals surface area contributed by atoms with E-state index in [2.05, 4.69) is 26.2 Å². The summed E-state index contributed by atoms with van der Waals surface area (Å²) in [6.07, 6.45) is 1.65. The summed E-state index contributed by atoms with van der Waals surface area (Å²) in [6, 6.07) is 7.28. The van der Waals surface area contributed by atoms with Crippen LogP contribution in [0.2, 0.25) is 0 Å². The zero-order chi connectivity index (χ0) is 11.4. The Kier molecular flexibility index (Phi) is 3.69. The minimum Gasteiger partial charge on any atom is -0.306 e. The average molecular weight is 297 g/mol. The number of amides is 1. The van der Waals surface area contributed by atoms with Crippen LogP contribution < -0.4 is 5.32 Å². The molecule has 0 unspecified atom stereocenters. The molecular formula is C11H9BrN2OS. The third-order valence-electron chi connectivity index (χ3n) is 1.94. The molecule has 16 heavy (non-hydrogen) atoms. The molecule has 0 atom stereocenters. The summed E-state index contributed by atoms with van der Waals surface area (Å²) in [7, 11) is 0. The molecule has 0 aliphatic carbocycles. The van der Waals surface area contributed by atoms with Gasteiger partial charge >= 0.3 is 0 Å². The molecule has 0 saturated carbocycles. The molecular weight excluding hydrogens is 288 g/mol. The van der Waals surface area contributed by atoms with Gasteiger partial charge in [0.2, 0.25) is 0 Å². The second kappa shape index (κ2) is 5.23. The van der Waals surface area contributed by atoms with Gasteiger partial charge in [0.15, 0.2) is 0 Å². The van der Waals surface area contributed by atoms with E-state index in [4.69, 9.17) is 0 Å². The SMILES string of the molecule is O=C(Nc1ccccn1)c1cc(CBr)cs1. The minimum atomic E-state index is -0.115. The highest BCUT2D eigenvalue weighted by Gasteiger charge is 2.09. The first-order valence-corrected chi connectivity index (χ1v) is 6.65. The lowest BCUT2D eigenvalue weighted by molar-refractivity contribution is 0.103. The van der Waals surface area contributed by atoms with Crippen molar-refractivity contribution < 1.29 is 4.79 Å². The summed E-state index contributed by atoms with van der Waals surface area (Å²) in [5.41, 5.74) is 1.11. The summed E-state index contributed by atoms with van der Waals surface area (Å²) in [5.74, 6) is 0.456. The smallest absolute Gasteiger partial charge is 0.266 e. The number of thiophene rings is 1. The van der Waals surface area contributed by atoms with Crippen molar-refractivity contribution in [1.82, 2.24) is 4.98 Å². The largest absolute Gasteiger partial charge is 0.306 e. The number of hydrogen-bond acceptors (Lipinski definition) is 3. The Morgan fingerprint density at radius 1 is 1.50 bits per heavy atom. The molecule has 2 aromatic heterocycles. The maximum Gasteiger partial charge on any atom is 0.266 e. The first kappa shape index (κ1) is 11.3. The van der Waals surface area contributed by atoms with E-state index in [1.165, 1.54) is 11.3 Å². The highest BCUT2D eigenvalue weighted by molar-refractivity contribution is 9.08. The molecule has 2 aromatic rings. The van der Waals surface area contributed by atoms with Crippen LogP contribution in [0.1, 0.15) is 15.2 Å². The Labute approximate surface area is 106 Å². The highest BCUT2D eigenvalue weighted by atomic mass is 79.9. The third-order valence-corrected chi connectivity index (χ3v) is 3.56. The molecule has 0 spiro atoms. The van der Waals surface area contributed by atoms with E-state index in [1.54, 1.807) is 12.3 Å². The fraction of sp³-hybridized carbons (Fsp3) is 0.0909. The van der Waals surface area contributed by atoms with Crippen molar-refractivity contribution in [2.75, 3.05) is 5.32 Å². The lowest BCUT2D eigenvalue weighted by Crippen LogP contribution is -2.10. The molecule has 0 radical (unpaired) electrons. The number of halogens is 1. The molecule has 82 valence electrons. The van der Waals surface area contributed by atoms with Gasteiger partial charge in [0.1, 0.15) is 5.82 Å². The number of alkyl halides is 1. The number of aromatic nitrogens is 1. The lowest BCUT2D eigenvalue weighted by atomic mass is 10.3. The zero-order valence-corrected chi connectivity index (χ0v) is 10.7. The van der Waals surface area contributed by atoms with Gasteiger partial charge in [-0.15, -0.1) is 11.3 Å². The van der Waals surface area contributed by atoms with Crippen molar-refractivity contribution in [2.45, 2.75) is 5.33 Å². The number of hydrogen-bond donors (Lipinski definition) is 1. The number of pyridine rings is 1. The molecule has 0 aliphatic heterocycles. The van der Waals surface area contributed by atoms with Crippen LogP contribution in [0.25, 0.3) is 0 Å². The minimum absolute atomic E-state index is 0.115. The average Bonchev–Trinajstić information content (AvgIpc) is 2.79. The Morgan fingerprint density at radius 3 is 3.00 bits per heavy atom. The van der Waals surface area contributed by atoms with Gasteiger partial charge in [0.05, 0.1) is 4.88 Å². The van der Waals surface area contributed by atoms with Crippen molar-refractivity contribution in [3.8, 4) is 0 Å². The molecule has 0 saturated heterocycles. The lowest BCUT2D eigenvalue weighted by Gasteiger charge is -2.00. The van der Waals surface area contributed by atoms with Gasteiger partial charge in [-0.25, -0.2) is 4.98 Å². The molecule has 0 bridgehead atoms. The van der Waals surface area contributed by atoms with Crippen molar-refractivity contribution >= 4 is 39.0 Å². The van der Waals surface area contributed by atoms with Gasteiger partial charge in [-0.2, -0.15) is 0 Å². The maximum atomic E-state index is 11.8. The Hall–Kier alpha value is -1.20. The van der Waals surface area contributed by atoms with Crippen LogP contribution in [0, 0.1) is 0 Å². The van der Waals surface area contributed by atoms with Crippen molar-refractivity contribution in [2.24, 2.45) is 0 Å². The van der Waals surface area contributed by atoms with E-state index in [0.29, 0.717) is 10.7 Å². The molecule has 2 rings (SSSR count). The van der Waals surface area contributed by atoms with E-state index >= 15 is 0 Å².